The van der Waals surface area contributed by atoms with E-state index in [0.717, 1.165) is 12.8 Å². The number of carboxylic acids is 1. The Balaban J connectivity index is 0. The zero-order chi connectivity index (χ0) is 14.5. The van der Waals surface area contributed by atoms with Crippen molar-refractivity contribution in [1.82, 2.24) is 4.90 Å². The minimum absolute atomic E-state index is 0. The Hall–Kier alpha value is -0.280. The van der Waals surface area contributed by atoms with E-state index >= 15 is 0 Å². The fourth-order valence-corrected chi connectivity index (χ4v) is 2.44. The maximum absolute atomic E-state index is 10.7. The van der Waals surface area contributed by atoms with Gasteiger partial charge in [0.15, 0.2) is 0 Å². The van der Waals surface area contributed by atoms with Gasteiger partial charge in [-0.15, -0.1) is 12.4 Å². The Labute approximate surface area is 131 Å². The van der Waals surface area contributed by atoms with Crippen LogP contribution >= 0.6 is 12.4 Å². The zero-order valence-corrected chi connectivity index (χ0v) is 14.4. The van der Waals surface area contributed by atoms with E-state index in [-0.39, 0.29) is 24.9 Å². The Morgan fingerprint density at radius 3 is 1.80 bits per heavy atom. The van der Waals surface area contributed by atoms with Crippen LogP contribution in [0.2, 0.25) is 0 Å². The molecule has 0 saturated carbocycles. The SMILES string of the molecule is CCCCCCCCCCCC(CC(=O)O)N(C)C.Cl. The number of halogens is 1. The standard InChI is InChI=1S/C16H33NO2.ClH/c1-4-5-6-7-8-9-10-11-12-13-15(17(2)3)14-16(18)19;/h15H,4-14H2,1-3H3,(H,18,19);1H. The molecule has 0 aromatic carbocycles. The van der Waals surface area contributed by atoms with E-state index in [1.807, 2.05) is 19.0 Å². The van der Waals surface area contributed by atoms with Crippen molar-refractivity contribution < 1.29 is 9.90 Å². The van der Waals surface area contributed by atoms with Crippen LogP contribution in [0.3, 0.4) is 0 Å². The average Bonchev–Trinajstić information content (AvgIpc) is 2.34. The van der Waals surface area contributed by atoms with E-state index in [2.05, 4.69) is 6.92 Å². The smallest absolute Gasteiger partial charge is 0.304 e. The zero-order valence-electron chi connectivity index (χ0n) is 13.6. The van der Waals surface area contributed by atoms with Crippen LogP contribution in [0.25, 0.3) is 0 Å². The third-order valence-corrected chi connectivity index (χ3v) is 3.78. The number of carbonyl (C=O) groups is 1. The summed E-state index contributed by atoms with van der Waals surface area (Å²) in [6, 6.07) is 0.196. The summed E-state index contributed by atoms with van der Waals surface area (Å²) in [6.07, 6.45) is 13.2. The van der Waals surface area contributed by atoms with Crippen molar-refractivity contribution in [1.29, 1.82) is 0 Å². The summed E-state index contributed by atoms with van der Waals surface area (Å²) in [5.74, 6) is -0.686. The number of unbranched alkanes of at least 4 members (excludes halogenated alkanes) is 8. The van der Waals surface area contributed by atoms with Gasteiger partial charge >= 0.3 is 5.97 Å². The fraction of sp³-hybridized carbons (Fsp3) is 0.938. The molecule has 0 bridgehead atoms. The van der Waals surface area contributed by atoms with E-state index < -0.39 is 5.97 Å². The van der Waals surface area contributed by atoms with Crippen LogP contribution in [0, 0.1) is 0 Å². The van der Waals surface area contributed by atoms with Gasteiger partial charge in [-0.3, -0.25) is 4.79 Å². The van der Waals surface area contributed by atoms with Gasteiger partial charge in [-0.2, -0.15) is 0 Å². The minimum atomic E-state index is -0.686. The maximum atomic E-state index is 10.7. The Morgan fingerprint density at radius 1 is 0.950 bits per heavy atom. The van der Waals surface area contributed by atoms with Gasteiger partial charge < -0.3 is 10.0 Å². The molecule has 0 saturated heterocycles. The molecule has 0 aliphatic carbocycles. The number of hydrogen-bond acceptors (Lipinski definition) is 2. The van der Waals surface area contributed by atoms with Crippen molar-refractivity contribution >= 4 is 18.4 Å². The molecule has 0 rings (SSSR count). The second-order valence-corrected chi connectivity index (χ2v) is 5.83. The lowest BCUT2D eigenvalue weighted by atomic mass is 10.0. The normalized spacial score (nSPS) is 12.2. The highest BCUT2D eigenvalue weighted by Gasteiger charge is 2.14. The van der Waals surface area contributed by atoms with Crippen LogP contribution < -0.4 is 0 Å². The summed E-state index contributed by atoms with van der Waals surface area (Å²) in [5.41, 5.74) is 0. The van der Waals surface area contributed by atoms with E-state index in [4.69, 9.17) is 5.11 Å². The van der Waals surface area contributed by atoms with Crippen molar-refractivity contribution in [2.24, 2.45) is 0 Å². The fourth-order valence-electron chi connectivity index (χ4n) is 2.44. The lowest BCUT2D eigenvalue weighted by molar-refractivity contribution is -0.138. The van der Waals surface area contributed by atoms with Gasteiger partial charge in [-0.25, -0.2) is 0 Å². The lowest BCUT2D eigenvalue weighted by Gasteiger charge is -2.22. The van der Waals surface area contributed by atoms with Crippen LogP contribution in [0.4, 0.5) is 0 Å². The molecule has 0 aromatic rings. The number of aliphatic carboxylic acids is 1. The molecule has 122 valence electrons. The molecule has 1 atom stereocenters. The summed E-state index contributed by atoms with van der Waals surface area (Å²) in [5, 5.41) is 8.85. The van der Waals surface area contributed by atoms with E-state index in [0.29, 0.717) is 0 Å². The third kappa shape index (κ3) is 14.1. The summed E-state index contributed by atoms with van der Waals surface area (Å²) in [4.78, 5) is 12.8. The summed E-state index contributed by atoms with van der Waals surface area (Å²) in [7, 11) is 3.95. The number of carboxylic acid groups (broad SMARTS) is 1. The van der Waals surface area contributed by atoms with Gasteiger partial charge in [0.1, 0.15) is 0 Å². The monoisotopic (exact) mass is 307 g/mol. The Bertz CT molecular complexity index is 223. The first-order chi connectivity index (χ1) is 9.07. The van der Waals surface area contributed by atoms with Crippen LogP contribution in [-0.4, -0.2) is 36.1 Å². The molecule has 4 heteroatoms. The lowest BCUT2D eigenvalue weighted by Crippen LogP contribution is -2.30. The number of nitrogens with zero attached hydrogens (tertiary/aromatic N) is 1. The van der Waals surface area contributed by atoms with Gasteiger partial charge in [0.2, 0.25) is 0 Å². The molecule has 0 spiro atoms. The molecule has 0 fully saturated rings. The van der Waals surface area contributed by atoms with Crippen molar-refractivity contribution in [3.63, 3.8) is 0 Å². The van der Waals surface area contributed by atoms with Crippen molar-refractivity contribution in [2.75, 3.05) is 14.1 Å². The first-order valence-electron chi connectivity index (χ1n) is 7.96. The van der Waals surface area contributed by atoms with Gasteiger partial charge in [-0.05, 0) is 20.5 Å². The quantitative estimate of drug-likeness (QED) is 0.500. The van der Waals surface area contributed by atoms with Crippen LogP contribution in [0.15, 0.2) is 0 Å². The predicted molar refractivity (Wildman–Crippen MR) is 88.8 cm³/mol. The van der Waals surface area contributed by atoms with Gasteiger partial charge in [0.05, 0.1) is 6.42 Å². The molecular weight excluding hydrogens is 274 g/mol. The molecule has 1 unspecified atom stereocenters. The molecule has 0 aliphatic heterocycles. The number of rotatable bonds is 13. The van der Waals surface area contributed by atoms with Crippen LogP contribution in [0.1, 0.15) is 77.6 Å². The second kappa shape index (κ2) is 15.1. The predicted octanol–water partition coefficient (Wildman–Crippen LogP) is 4.73. The molecule has 0 heterocycles. The van der Waals surface area contributed by atoms with Gasteiger partial charge in [-0.1, -0.05) is 64.7 Å². The highest BCUT2D eigenvalue weighted by molar-refractivity contribution is 5.85. The molecular formula is C16H34ClNO2. The van der Waals surface area contributed by atoms with Crippen molar-refractivity contribution in [3.8, 4) is 0 Å². The van der Waals surface area contributed by atoms with Crippen molar-refractivity contribution in [3.05, 3.63) is 0 Å². The first kappa shape index (κ1) is 22.0. The molecule has 3 nitrogen and oxygen atoms in total. The largest absolute Gasteiger partial charge is 0.481 e. The van der Waals surface area contributed by atoms with Gasteiger partial charge in [0.25, 0.3) is 0 Å². The molecule has 0 aliphatic rings. The Morgan fingerprint density at radius 2 is 1.40 bits per heavy atom. The number of hydrogen-bond donors (Lipinski definition) is 1. The average molecular weight is 308 g/mol. The van der Waals surface area contributed by atoms with E-state index in [9.17, 15) is 4.79 Å². The molecule has 0 amide bonds. The highest BCUT2D eigenvalue weighted by Crippen LogP contribution is 2.14. The van der Waals surface area contributed by atoms with Crippen LogP contribution in [-0.2, 0) is 4.79 Å². The van der Waals surface area contributed by atoms with Gasteiger partial charge in [0, 0.05) is 6.04 Å². The summed E-state index contributed by atoms with van der Waals surface area (Å²) < 4.78 is 0. The topological polar surface area (TPSA) is 40.5 Å². The maximum Gasteiger partial charge on any atom is 0.304 e. The molecule has 20 heavy (non-hydrogen) atoms. The van der Waals surface area contributed by atoms with E-state index in [1.165, 1.54) is 51.4 Å². The molecule has 1 N–H and O–H groups in total. The Kier molecular flexibility index (Phi) is 16.6. The minimum Gasteiger partial charge on any atom is -0.481 e. The van der Waals surface area contributed by atoms with Crippen molar-refractivity contribution in [2.45, 2.75) is 83.6 Å². The third-order valence-electron chi connectivity index (χ3n) is 3.78. The van der Waals surface area contributed by atoms with Crippen LogP contribution in [0.5, 0.6) is 0 Å². The molecule has 0 aromatic heterocycles. The summed E-state index contributed by atoms with van der Waals surface area (Å²) >= 11 is 0. The second-order valence-electron chi connectivity index (χ2n) is 5.83. The summed E-state index contributed by atoms with van der Waals surface area (Å²) in [6.45, 7) is 2.25. The molecule has 0 radical (unpaired) electrons. The first-order valence-corrected chi connectivity index (χ1v) is 7.96. The highest BCUT2D eigenvalue weighted by atomic mass is 35.5. The van der Waals surface area contributed by atoms with E-state index in [1.54, 1.807) is 0 Å².